The Labute approximate surface area is 126 Å². The Morgan fingerprint density at radius 1 is 1.00 bits per heavy atom. The molecule has 21 heavy (non-hydrogen) atoms. The van der Waals surface area contributed by atoms with Crippen molar-refractivity contribution >= 4 is 10.0 Å². The van der Waals surface area contributed by atoms with Gasteiger partial charge in [-0.25, -0.2) is 8.42 Å². The van der Waals surface area contributed by atoms with E-state index in [9.17, 15) is 8.42 Å². The van der Waals surface area contributed by atoms with Crippen molar-refractivity contribution in [2.24, 2.45) is 11.8 Å². The SMILES string of the molecule is O=S(=O)(c1ccc(CCO)cc1)N(CC1CC1)CC1CC1. The molecular weight excluding hydrogens is 286 g/mol. The van der Waals surface area contributed by atoms with E-state index in [1.807, 2.05) is 0 Å². The molecule has 1 N–H and O–H groups in total. The molecule has 2 aliphatic rings. The Bertz CT molecular complexity index is 560. The first kappa shape index (κ1) is 15.0. The minimum Gasteiger partial charge on any atom is -0.396 e. The van der Waals surface area contributed by atoms with Crippen LogP contribution in [0.15, 0.2) is 29.2 Å². The van der Waals surface area contributed by atoms with Gasteiger partial charge >= 0.3 is 0 Å². The van der Waals surface area contributed by atoms with E-state index in [-0.39, 0.29) is 6.61 Å². The number of hydrogen-bond acceptors (Lipinski definition) is 3. The summed E-state index contributed by atoms with van der Waals surface area (Å²) < 4.78 is 27.3. The molecule has 2 saturated carbocycles. The van der Waals surface area contributed by atoms with E-state index in [1.54, 1.807) is 28.6 Å². The minimum atomic E-state index is -3.37. The van der Waals surface area contributed by atoms with E-state index in [2.05, 4.69) is 0 Å². The molecule has 1 aromatic carbocycles. The molecule has 0 radical (unpaired) electrons. The summed E-state index contributed by atoms with van der Waals surface area (Å²) in [6.45, 7) is 1.44. The molecule has 0 atom stereocenters. The van der Waals surface area contributed by atoms with Crippen molar-refractivity contribution in [2.75, 3.05) is 19.7 Å². The van der Waals surface area contributed by atoms with Crippen LogP contribution in [0, 0.1) is 11.8 Å². The average molecular weight is 309 g/mol. The highest BCUT2D eigenvalue weighted by molar-refractivity contribution is 7.89. The predicted molar refractivity (Wildman–Crippen MR) is 81.4 cm³/mol. The quantitative estimate of drug-likeness (QED) is 0.799. The second-order valence-electron chi connectivity index (χ2n) is 6.33. The van der Waals surface area contributed by atoms with Crippen LogP contribution in [0.1, 0.15) is 31.2 Å². The van der Waals surface area contributed by atoms with Gasteiger partial charge in [-0.1, -0.05) is 12.1 Å². The molecule has 0 amide bonds. The zero-order chi connectivity index (χ0) is 14.9. The lowest BCUT2D eigenvalue weighted by Gasteiger charge is -2.22. The molecule has 3 rings (SSSR count). The summed E-state index contributed by atoms with van der Waals surface area (Å²) in [5.41, 5.74) is 0.965. The molecule has 0 aliphatic heterocycles. The van der Waals surface area contributed by atoms with Crippen molar-refractivity contribution in [1.82, 2.24) is 4.31 Å². The summed E-state index contributed by atoms with van der Waals surface area (Å²) in [6, 6.07) is 6.95. The number of aliphatic hydroxyl groups is 1. The van der Waals surface area contributed by atoms with Gasteiger partial charge in [0.05, 0.1) is 4.90 Å². The van der Waals surface area contributed by atoms with Crippen LogP contribution in [0.3, 0.4) is 0 Å². The third kappa shape index (κ3) is 3.84. The highest BCUT2D eigenvalue weighted by atomic mass is 32.2. The van der Waals surface area contributed by atoms with Crippen molar-refractivity contribution in [3.8, 4) is 0 Å². The fourth-order valence-electron chi connectivity index (χ4n) is 2.55. The third-order valence-electron chi connectivity index (χ3n) is 4.28. The molecule has 1 aromatic rings. The Morgan fingerprint density at radius 2 is 1.52 bits per heavy atom. The normalized spacial score (nSPS) is 19.1. The topological polar surface area (TPSA) is 57.6 Å². The lowest BCUT2D eigenvalue weighted by Crippen LogP contribution is -2.34. The summed E-state index contributed by atoms with van der Waals surface area (Å²) in [6.07, 6.45) is 5.20. The van der Waals surface area contributed by atoms with E-state index in [0.29, 0.717) is 36.2 Å². The number of rotatable bonds is 8. The van der Waals surface area contributed by atoms with Crippen LogP contribution in [0.4, 0.5) is 0 Å². The van der Waals surface area contributed by atoms with Crippen LogP contribution < -0.4 is 0 Å². The monoisotopic (exact) mass is 309 g/mol. The van der Waals surface area contributed by atoms with Gasteiger partial charge in [-0.05, 0) is 61.6 Å². The lowest BCUT2D eigenvalue weighted by atomic mass is 10.2. The van der Waals surface area contributed by atoms with E-state index in [0.717, 1.165) is 31.2 Å². The van der Waals surface area contributed by atoms with Crippen molar-refractivity contribution in [3.63, 3.8) is 0 Å². The molecule has 0 aromatic heterocycles. The van der Waals surface area contributed by atoms with Gasteiger partial charge in [-0.3, -0.25) is 0 Å². The number of aliphatic hydroxyl groups excluding tert-OH is 1. The van der Waals surface area contributed by atoms with Crippen LogP contribution in [0.5, 0.6) is 0 Å². The summed E-state index contributed by atoms with van der Waals surface area (Å²) >= 11 is 0. The standard InChI is InChI=1S/C16H23NO3S/c18-10-9-13-5-7-16(8-6-13)21(19,20)17(11-14-1-2-14)12-15-3-4-15/h5-8,14-15,18H,1-4,9-12H2. The van der Waals surface area contributed by atoms with Crippen molar-refractivity contribution in [2.45, 2.75) is 37.0 Å². The van der Waals surface area contributed by atoms with Crippen molar-refractivity contribution < 1.29 is 13.5 Å². The molecule has 0 unspecified atom stereocenters. The molecule has 0 saturated heterocycles. The van der Waals surface area contributed by atoms with Crippen LogP contribution >= 0.6 is 0 Å². The van der Waals surface area contributed by atoms with Crippen LogP contribution in [0.2, 0.25) is 0 Å². The van der Waals surface area contributed by atoms with Gasteiger partial charge < -0.3 is 5.11 Å². The number of sulfonamides is 1. The molecule has 0 heterocycles. The highest BCUT2D eigenvalue weighted by Crippen LogP contribution is 2.35. The zero-order valence-electron chi connectivity index (χ0n) is 12.2. The first-order valence-corrected chi connectivity index (χ1v) is 9.23. The maximum absolute atomic E-state index is 12.8. The number of hydrogen-bond donors (Lipinski definition) is 1. The molecule has 116 valence electrons. The van der Waals surface area contributed by atoms with E-state index >= 15 is 0 Å². The second-order valence-corrected chi connectivity index (χ2v) is 8.26. The van der Waals surface area contributed by atoms with E-state index in [4.69, 9.17) is 5.11 Å². The smallest absolute Gasteiger partial charge is 0.243 e. The number of nitrogens with zero attached hydrogens (tertiary/aromatic N) is 1. The largest absolute Gasteiger partial charge is 0.396 e. The van der Waals surface area contributed by atoms with Gasteiger partial charge in [0.2, 0.25) is 10.0 Å². The predicted octanol–water partition coefficient (Wildman–Crippen LogP) is 2.03. The Morgan fingerprint density at radius 3 is 1.95 bits per heavy atom. The fourth-order valence-corrected chi connectivity index (χ4v) is 4.15. The second kappa shape index (κ2) is 6.07. The fraction of sp³-hybridized carbons (Fsp3) is 0.625. The molecule has 2 aliphatic carbocycles. The van der Waals surface area contributed by atoms with Gasteiger partial charge in [0.1, 0.15) is 0 Å². The molecule has 4 nitrogen and oxygen atoms in total. The average Bonchev–Trinajstić information content (AvgIpc) is 3.34. The number of benzene rings is 1. The minimum absolute atomic E-state index is 0.0849. The Hall–Kier alpha value is -0.910. The van der Waals surface area contributed by atoms with Crippen LogP contribution in [-0.4, -0.2) is 37.5 Å². The first-order valence-electron chi connectivity index (χ1n) is 7.79. The van der Waals surface area contributed by atoms with E-state index < -0.39 is 10.0 Å². The van der Waals surface area contributed by atoms with Gasteiger partial charge in [0.15, 0.2) is 0 Å². The summed E-state index contributed by atoms with van der Waals surface area (Å²) in [5.74, 6) is 1.12. The lowest BCUT2D eigenvalue weighted by molar-refractivity contribution is 0.299. The summed E-state index contributed by atoms with van der Waals surface area (Å²) in [4.78, 5) is 0.380. The molecular formula is C16H23NO3S. The molecule has 2 fully saturated rings. The van der Waals surface area contributed by atoms with Crippen LogP contribution in [0.25, 0.3) is 0 Å². The van der Waals surface area contributed by atoms with Gasteiger partial charge in [-0.15, -0.1) is 0 Å². The highest BCUT2D eigenvalue weighted by Gasteiger charge is 2.35. The maximum atomic E-state index is 12.8. The molecule has 5 heteroatoms. The van der Waals surface area contributed by atoms with Gasteiger partial charge in [-0.2, -0.15) is 4.31 Å². The summed E-state index contributed by atoms with van der Waals surface area (Å²) in [7, 11) is -3.37. The Kier molecular flexibility index (Phi) is 4.33. The van der Waals surface area contributed by atoms with Crippen molar-refractivity contribution in [3.05, 3.63) is 29.8 Å². The van der Waals surface area contributed by atoms with Crippen LogP contribution in [-0.2, 0) is 16.4 Å². The third-order valence-corrected chi connectivity index (χ3v) is 6.12. The molecule has 0 bridgehead atoms. The molecule has 0 spiro atoms. The first-order chi connectivity index (χ1) is 10.1. The Balaban J connectivity index is 1.77. The van der Waals surface area contributed by atoms with E-state index in [1.165, 1.54) is 0 Å². The van der Waals surface area contributed by atoms with Crippen molar-refractivity contribution in [1.29, 1.82) is 0 Å². The van der Waals surface area contributed by atoms with Gasteiger partial charge in [0.25, 0.3) is 0 Å². The zero-order valence-corrected chi connectivity index (χ0v) is 13.1. The van der Waals surface area contributed by atoms with Gasteiger partial charge in [0, 0.05) is 19.7 Å². The summed E-state index contributed by atoms with van der Waals surface area (Å²) in [5, 5.41) is 8.92. The maximum Gasteiger partial charge on any atom is 0.243 e.